The van der Waals surface area contributed by atoms with E-state index in [1.807, 2.05) is 13.0 Å². The number of aryl methyl sites for hydroxylation is 1. The molecule has 0 heterocycles. The van der Waals surface area contributed by atoms with Gasteiger partial charge in [-0.1, -0.05) is 43.6 Å². The third-order valence-electron chi connectivity index (χ3n) is 6.00. The SMILES string of the molecule is C=C(C)[C@@H]1CCC(C)=C[C@H]1c1c(O)cc(CCCCC)cc1OC(=O)NCCCC(=O)O. The number of carboxylic acids is 1. The summed E-state index contributed by atoms with van der Waals surface area (Å²) in [6, 6.07) is 3.64. The van der Waals surface area contributed by atoms with Crippen LogP contribution in [0.5, 0.6) is 11.5 Å². The first-order valence-electron chi connectivity index (χ1n) is 11.6. The van der Waals surface area contributed by atoms with E-state index in [4.69, 9.17) is 9.84 Å². The summed E-state index contributed by atoms with van der Waals surface area (Å²) in [4.78, 5) is 23.1. The zero-order chi connectivity index (χ0) is 23.7. The highest BCUT2D eigenvalue weighted by Gasteiger charge is 2.31. The molecule has 6 nitrogen and oxygen atoms in total. The number of allylic oxidation sites excluding steroid dienone is 3. The fraction of sp³-hybridized carbons (Fsp3) is 0.538. The number of hydrogen-bond donors (Lipinski definition) is 3. The monoisotopic (exact) mass is 443 g/mol. The maximum absolute atomic E-state index is 12.5. The molecular formula is C26H37NO5. The van der Waals surface area contributed by atoms with E-state index in [0.717, 1.165) is 49.7 Å². The van der Waals surface area contributed by atoms with Crippen molar-refractivity contribution in [3.05, 3.63) is 47.1 Å². The van der Waals surface area contributed by atoms with Crippen molar-refractivity contribution < 1.29 is 24.5 Å². The lowest BCUT2D eigenvalue weighted by Gasteiger charge is -2.32. The van der Waals surface area contributed by atoms with Crippen LogP contribution in [0.15, 0.2) is 35.9 Å². The first kappa shape index (κ1) is 25.5. The quantitative estimate of drug-likeness (QED) is 0.284. The maximum Gasteiger partial charge on any atom is 0.412 e. The number of aliphatic carboxylic acids is 1. The number of benzene rings is 1. The summed E-state index contributed by atoms with van der Waals surface area (Å²) < 4.78 is 5.68. The summed E-state index contributed by atoms with van der Waals surface area (Å²) in [6.07, 6.45) is 7.67. The van der Waals surface area contributed by atoms with Crippen molar-refractivity contribution in [3.8, 4) is 11.5 Å². The van der Waals surface area contributed by atoms with Gasteiger partial charge in [0.25, 0.3) is 0 Å². The van der Waals surface area contributed by atoms with Gasteiger partial charge in [-0.05, 0) is 69.6 Å². The second-order valence-corrected chi connectivity index (χ2v) is 8.83. The Morgan fingerprint density at radius 3 is 2.66 bits per heavy atom. The summed E-state index contributed by atoms with van der Waals surface area (Å²) in [7, 11) is 0. The van der Waals surface area contributed by atoms with E-state index >= 15 is 0 Å². The van der Waals surface area contributed by atoms with Gasteiger partial charge in [0.2, 0.25) is 0 Å². The highest BCUT2D eigenvalue weighted by Crippen LogP contribution is 2.47. The molecule has 0 bridgehead atoms. The molecule has 0 aliphatic heterocycles. The van der Waals surface area contributed by atoms with E-state index < -0.39 is 12.1 Å². The Kier molecular flexibility index (Phi) is 9.82. The average molecular weight is 444 g/mol. The highest BCUT2D eigenvalue weighted by atomic mass is 16.6. The Labute approximate surface area is 191 Å². The lowest BCUT2D eigenvalue weighted by molar-refractivity contribution is -0.137. The van der Waals surface area contributed by atoms with Gasteiger partial charge in [-0.3, -0.25) is 4.79 Å². The number of ether oxygens (including phenoxy) is 1. The van der Waals surface area contributed by atoms with Crippen molar-refractivity contribution in [2.45, 2.75) is 78.1 Å². The molecule has 6 heteroatoms. The molecule has 32 heavy (non-hydrogen) atoms. The maximum atomic E-state index is 12.5. The van der Waals surface area contributed by atoms with Gasteiger partial charge in [-0.25, -0.2) is 4.79 Å². The second kappa shape index (κ2) is 12.3. The van der Waals surface area contributed by atoms with Gasteiger partial charge in [0.15, 0.2) is 0 Å². The van der Waals surface area contributed by atoms with E-state index in [2.05, 4.69) is 31.8 Å². The second-order valence-electron chi connectivity index (χ2n) is 8.83. The van der Waals surface area contributed by atoms with Gasteiger partial charge < -0.3 is 20.3 Å². The first-order chi connectivity index (χ1) is 15.2. The van der Waals surface area contributed by atoms with E-state index in [1.54, 1.807) is 6.07 Å². The Bertz CT molecular complexity index is 858. The van der Waals surface area contributed by atoms with E-state index in [0.29, 0.717) is 17.7 Å². The zero-order valence-electron chi connectivity index (χ0n) is 19.6. The molecule has 0 saturated carbocycles. The summed E-state index contributed by atoms with van der Waals surface area (Å²) in [5.41, 5.74) is 3.81. The standard InChI is InChI=1S/C26H37NO5/c1-5-6-7-9-19-15-22(28)25(21-14-18(4)11-12-20(21)17(2)3)23(16-19)32-26(31)27-13-8-10-24(29)30/h14-16,20-21,28H,2,5-13H2,1,3-4H3,(H,27,31)(H,29,30)/t20-,21+/m0/s1. The molecule has 1 amide bonds. The van der Waals surface area contributed by atoms with Crippen LogP contribution in [0.25, 0.3) is 0 Å². The predicted molar refractivity (Wildman–Crippen MR) is 126 cm³/mol. The van der Waals surface area contributed by atoms with Gasteiger partial charge in [0.1, 0.15) is 11.5 Å². The molecule has 3 N–H and O–H groups in total. The predicted octanol–water partition coefficient (Wildman–Crippen LogP) is 6.09. The van der Waals surface area contributed by atoms with E-state index in [1.165, 1.54) is 5.57 Å². The minimum atomic E-state index is -0.905. The smallest absolute Gasteiger partial charge is 0.412 e. The average Bonchev–Trinajstić information content (AvgIpc) is 2.71. The van der Waals surface area contributed by atoms with Crippen LogP contribution >= 0.6 is 0 Å². The zero-order valence-corrected chi connectivity index (χ0v) is 19.6. The van der Waals surface area contributed by atoms with Crippen LogP contribution in [-0.4, -0.2) is 28.8 Å². The van der Waals surface area contributed by atoms with Gasteiger partial charge in [-0.2, -0.15) is 0 Å². The van der Waals surface area contributed by atoms with Crippen LogP contribution in [0.4, 0.5) is 4.79 Å². The molecule has 0 spiro atoms. The summed E-state index contributed by atoms with van der Waals surface area (Å²) in [5, 5.41) is 22.4. The molecule has 0 saturated heterocycles. The number of carboxylic acid groups (broad SMARTS) is 1. The van der Waals surface area contributed by atoms with Gasteiger partial charge in [0, 0.05) is 24.4 Å². The van der Waals surface area contributed by atoms with Crippen LogP contribution in [-0.2, 0) is 11.2 Å². The van der Waals surface area contributed by atoms with Crippen LogP contribution in [0.3, 0.4) is 0 Å². The van der Waals surface area contributed by atoms with Crippen molar-refractivity contribution in [1.82, 2.24) is 5.32 Å². The molecule has 1 aromatic rings. The molecular weight excluding hydrogens is 406 g/mol. The van der Waals surface area contributed by atoms with Gasteiger partial charge in [0.05, 0.1) is 0 Å². The van der Waals surface area contributed by atoms with Gasteiger partial charge in [-0.15, -0.1) is 0 Å². The first-order valence-corrected chi connectivity index (χ1v) is 11.6. The Hall–Kier alpha value is -2.76. The molecule has 1 aliphatic rings. The molecule has 0 aromatic heterocycles. The largest absolute Gasteiger partial charge is 0.507 e. The fourth-order valence-corrected chi connectivity index (χ4v) is 4.28. The van der Waals surface area contributed by atoms with Gasteiger partial charge >= 0.3 is 12.1 Å². The fourth-order valence-electron chi connectivity index (χ4n) is 4.28. The number of phenols is 1. The Morgan fingerprint density at radius 2 is 2.00 bits per heavy atom. The molecule has 1 aromatic carbocycles. The minimum Gasteiger partial charge on any atom is -0.507 e. The van der Waals surface area contributed by atoms with Crippen LogP contribution in [0.1, 0.15) is 82.8 Å². The number of rotatable bonds is 11. The third-order valence-corrected chi connectivity index (χ3v) is 6.00. The van der Waals surface area contributed by atoms with Crippen molar-refractivity contribution in [1.29, 1.82) is 0 Å². The van der Waals surface area contributed by atoms with Crippen LogP contribution < -0.4 is 10.1 Å². The number of hydrogen-bond acceptors (Lipinski definition) is 4. The molecule has 2 rings (SSSR count). The van der Waals surface area contributed by atoms with E-state index in [-0.39, 0.29) is 30.6 Å². The number of carbonyl (C=O) groups excluding carboxylic acids is 1. The molecule has 0 unspecified atom stereocenters. The van der Waals surface area contributed by atoms with Crippen molar-refractivity contribution >= 4 is 12.1 Å². The third kappa shape index (κ3) is 7.43. The van der Waals surface area contributed by atoms with Crippen molar-refractivity contribution in [2.75, 3.05) is 6.54 Å². The number of nitrogens with one attached hydrogen (secondary N) is 1. The Morgan fingerprint density at radius 1 is 1.25 bits per heavy atom. The molecule has 1 aliphatic carbocycles. The number of unbranched alkanes of at least 4 members (excludes halogenated alkanes) is 2. The summed E-state index contributed by atoms with van der Waals surface area (Å²) >= 11 is 0. The molecule has 176 valence electrons. The van der Waals surface area contributed by atoms with Crippen LogP contribution in [0, 0.1) is 5.92 Å². The van der Waals surface area contributed by atoms with Crippen LogP contribution in [0.2, 0.25) is 0 Å². The number of carbonyl (C=O) groups is 2. The topological polar surface area (TPSA) is 95.9 Å². The lowest BCUT2D eigenvalue weighted by atomic mass is 9.73. The number of amides is 1. The molecule has 0 radical (unpaired) electrons. The summed E-state index contributed by atoms with van der Waals surface area (Å²) in [6.45, 7) is 10.6. The normalized spacial score (nSPS) is 18.0. The van der Waals surface area contributed by atoms with E-state index in [9.17, 15) is 14.7 Å². The number of phenolic OH excluding ortho intramolecular Hbond substituents is 1. The van der Waals surface area contributed by atoms with Crippen molar-refractivity contribution in [3.63, 3.8) is 0 Å². The summed E-state index contributed by atoms with van der Waals surface area (Å²) in [5.74, 6) is -0.390. The highest BCUT2D eigenvalue weighted by molar-refractivity contribution is 5.72. The number of aromatic hydroxyl groups is 1. The molecule has 0 fully saturated rings. The Balaban J connectivity index is 2.34. The lowest BCUT2D eigenvalue weighted by Crippen LogP contribution is -2.29. The minimum absolute atomic E-state index is 0.0222. The van der Waals surface area contributed by atoms with Crippen molar-refractivity contribution in [2.24, 2.45) is 5.92 Å². The molecule has 2 atom stereocenters.